The van der Waals surface area contributed by atoms with Gasteiger partial charge in [0.05, 0.1) is 24.2 Å². The lowest BCUT2D eigenvalue weighted by atomic mass is 9.81. The third-order valence-electron chi connectivity index (χ3n) is 6.18. The van der Waals surface area contributed by atoms with E-state index in [0.717, 1.165) is 19.3 Å². The van der Waals surface area contributed by atoms with Crippen LogP contribution in [0.3, 0.4) is 0 Å². The third-order valence-corrected chi connectivity index (χ3v) is 6.18. The summed E-state index contributed by atoms with van der Waals surface area (Å²) in [6, 6.07) is -1.38. The van der Waals surface area contributed by atoms with Crippen LogP contribution in [0.4, 0.5) is 0 Å². The van der Waals surface area contributed by atoms with Crippen LogP contribution in [0.5, 0.6) is 0 Å². The summed E-state index contributed by atoms with van der Waals surface area (Å²) in [6.07, 6.45) is 5.58. The number of carbonyl (C=O) groups excluding carboxylic acids is 3. The quantitative estimate of drug-likeness (QED) is 0.750. The molecular weight excluding hydrogens is 332 g/mol. The van der Waals surface area contributed by atoms with E-state index in [2.05, 4.69) is 0 Å². The first-order valence-electron chi connectivity index (χ1n) is 9.93. The Hall–Kier alpha value is -1.47. The molecule has 0 aromatic rings. The van der Waals surface area contributed by atoms with Crippen LogP contribution in [0.25, 0.3) is 0 Å². The van der Waals surface area contributed by atoms with Crippen LogP contribution >= 0.6 is 0 Å². The predicted molar refractivity (Wildman–Crippen MR) is 98.1 cm³/mol. The summed E-state index contributed by atoms with van der Waals surface area (Å²) in [4.78, 5) is 41.7. The van der Waals surface area contributed by atoms with Crippen LogP contribution in [0.2, 0.25) is 0 Å². The summed E-state index contributed by atoms with van der Waals surface area (Å²) < 4.78 is 0. The Morgan fingerprint density at radius 1 is 1.19 bits per heavy atom. The number of carbonyl (C=O) groups is 3. The average Bonchev–Trinajstić information content (AvgIpc) is 3.15. The Labute approximate surface area is 155 Å². The Balaban J connectivity index is 1.73. The van der Waals surface area contributed by atoms with Crippen molar-refractivity contribution < 1.29 is 14.4 Å². The fraction of sp³-hybridized carbons (Fsp3) is 0.842. The minimum atomic E-state index is -0.848. The van der Waals surface area contributed by atoms with Gasteiger partial charge in [0, 0.05) is 6.54 Å². The predicted octanol–water partition coefficient (Wildman–Crippen LogP) is 0.402. The van der Waals surface area contributed by atoms with E-state index in [1.807, 2.05) is 13.8 Å². The van der Waals surface area contributed by atoms with Gasteiger partial charge in [-0.25, -0.2) is 0 Å². The van der Waals surface area contributed by atoms with Crippen molar-refractivity contribution in [1.82, 2.24) is 9.80 Å². The largest absolute Gasteiger partial charge is 0.329 e. The van der Waals surface area contributed by atoms with Gasteiger partial charge in [-0.15, -0.1) is 0 Å². The van der Waals surface area contributed by atoms with Gasteiger partial charge in [0.15, 0.2) is 5.78 Å². The highest BCUT2D eigenvalue weighted by atomic mass is 16.2. The maximum atomic E-state index is 13.1. The van der Waals surface area contributed by atoms with Crippen LogP contribution < -0.4 is 11.5 Å². The van der Waals surface area contributed by atoms with Crippen molar-refractivity contribution in [2.45, 2.75) is 82.5 Å². The summed E-state index contributed by atoms with van der Waals surface area (Å²) >= 11 is 0. The minimum Gasteiger partial charge on any atom is -0.329 e. The van der Waals surface area contributed by atoms with Crippen molar-refractivity contribution >= 4 is 17.6 Å². The highest BCUT2D eigenvalue weighted by molar-refractivity contribution is 6.00. The number of hydrogen-bond donors (Lipinski definition) is 2. The molecule has 3 aliphatic rings. The van der Waals surface area contributed by atoms with E-state index < -0.39 is 17.6 Å². The molecule has 26 heavy (non-hydrogen) atoms. The lowest BCUT2D eigenvalue weighted by molar-refractivity contribution is -0.140. The van der Waals surface area contributed by atoms with Crippen LogP contribution in [0.15, 0.2) is 0 Å². The second-order valence-electron chi connectivity index (χ2n) is 8.68. The molecule has 0 aromatic heterocycles. The molecule has 0 spiro atoms. The normalized spacial score (nSPS) is 29.2. The number of ketones is 1. The smallest absolute Gasteiger partial charge is 0.243 e. The molecule has 0 bridgehead atoms. The van der Waals surface area contributed by atoms with E-state index in [4.69, 9.17) is 11.5 Å². The molecule has 3 atom stereocenters. The summed E-state index contributed by atoms with van der Waals surface area (Å²) in [5.74, 6) is -0.0359. The maximum absolute atomic E-state index is 13.1. The summed E-state index contributed by atoms with van der Waals surface area (Å²) in [5, 5.41) is 0. The maximum Gasteiger partial charge on any atom is 0.243 e. The fourth-order valence-corrected chi connectivity index (χ4v) is 4.84. The first kappa shape index (κ1) is 19.3. The lowest BCUT2D eigenvalue weighted by Gasteiger charge is -2.37. The van der Waals surface area contributed by atoms with Crippen molar-refractivity contribution in [1.29, 1.82) is 0 Å². The van der Waals surface area contributed by atoms with Crippen LogP contribution in [0.1, 0.15) is 58.8 Å². The zero-order valence-corrected chi connectivity index (χ0v) is 15.9. The van der Waals surface area contributed by atoms with Crippen LogP contribution in [-0.4, -0.2) is 64.2 Å². The molecule has 0 radical (unpaired) electrons. The number of rotatable bonds is 4. The van der Waals surface area contributed by atoms with Gasteiger partial charge in [0.2, 0.25) is 11.8 Å². The molecule has 0 aromatic carbocycles. The van der Waals surface area contributed by atoms with Crippen molar-refractivity contribution in [3.63, 3.8) is 0 Å². The molecule has 1 saturated carbocycles. The zero-order chi connectivity index (χ0) is 19.1. The van der Waals surface area contributed by atoms with Crippen molar-refractivity contribution in [3.8, 4) is 0 Å². The second-order valence-corrected chi connectivity index (χ2v) is 8.68. The Kier molecular flexibility index (Phi) is 5.40. The Morgan fingerprint density at radius 2 is 1.85 bits per heavy atom. The van der Waals surface area contributed by atoms with Gasteiger partial charge in [-0.2, -0.15) is 0 Å². The van der Waals surface area contributed by atoms with E-state index >= 15 is 0 Å². The molecule has 7 nitrogen and oxygen atoms in total. The molecule has 1 aliphatic carbocycles. The number of hydrogen-bond acceptors (Lipinski definition) is 5. The molecule has 3 unspecified atom stereocenters. The van der Waals surface area contributed by atoms with Crippen molar-refractivity contribution in [2.24, 2.45) is 17.4 Å². The third kappa shape index (κ3) is 3.39. The van der Waals surface area contributed by atoms with E-state index in [-0.39, 0.29) is 30.2 Å². The number of fused-ring (bicyclic) bond motifs is 1. The summed E-state index contributed by atoms with van der Waals surface area (Å²) in [6.45, 7) is 4.58. The minimum absolute atomic E-state index is 0.0645. The van der Waals surface area contributed by atoms with Gasteiger partial charge < -0.3 is 21.3 Å². The van der Waals surface area contributed by atoms with Crippen molar-refractivity contribution in [2.75, 3.05) is 13.1 Å². The number of Topliss-reactive ketones (excluding diaryl/α,β-unsaturated/α-hetero) is 1. The number of nitrogens with zero attached hydrogens (tertiary/aromatic N) is 2. The SMILES string of the molecule is CC(C)CC(N)C(=O)N1CCC2C1C(=O)CN2C(=O)C1(N)CCCCC1. The zero-order valence-electron chi connectivity index (χ0n) is 15.9. The topological polar surface area (TPSA) is 110 Å². The van der Waals surface area contributed by atoms with Crippen molar-refractivity contribution in [3.05, 3.63) is 0 Å². The van der Waals surface area contributed by atoms with E-state index in [0.29, 0.717) is 38.1 Å². The average molecular weight is 364 g/mol. The summed E-state index contributed by atoms with van der Waals surface area (Å²) in [7, 11) is 0. The highest BCUT2D eigenvalue weighted by Crippen LogP contribution is 2.35. The molecule has 2 amide bonds. The number of nitrogens with two attached hydrogens (primary N) is 2. The van der Waals surface area contributed by atoms with E-state index in [1.54, 1.807) is 9.80 Å². The highest BCUT2D eigenvalue weighted by Gasteiger charge is 2.54. The molecule has 4 N–H and O–H groups in total. The van der Waals surface area contributed by atoms with Gasteiger partial charge in [-0.05, 0) is 31.6 Å². The first-order chi connectivity index (χ1) is 12.2. The van der Waals surface area contributed by atoms with Gasteiger partial charge in [-0.3, -0.25) is 14.4 Å². The van der Waals surface area contributed by atoms with Crippen LogP contribution in [-0.2, 0) is 14.4 Å². The molecule has 2 heterocycles. The molecule has 2 saturated heterocycles. The van der Waals surface area contributed by atoms with E-state index in [1.165, 1.54) is 0 Å². The first-order valence-corrected chi connectivity index (χ1v) is 9.93. The summed E-state index contributed by atoms with van der Waals surface area (Å²) in [5.41, 5.74) is 11.6. The fourth-order valence-electron chi connectivity index (χ4n) is 4.84. The molecule has 3 fully saturated rings. The Bertz CT molecular complexity index is 585. The molecule has 2 aliphatic heterocycles. The number of likely N-dealkylation sites (tertiary alicyclic amines) is 2. The van der Waals surface area contributed by atoms with Gasteiger partial charge in [0.1, 0.15) is 6.04 Å². The van der Waals surface area contributed by atoms with Gasteiger partial charge in [-0.1, -0.05) is 33.1 Å². The molecule has 3 rings (SSSR count). The number of amides is 2. The molecule has 146 valence electrons. The second kappa shape index (κ2) is 7.27. The molecule has 7 heteroatoms. The molecular formula is C19H32N4O3. The van der Waals surface area contributed by atoms with Gasteiger partial charge in [0.25, 0.3) is 0 Å². The standard InChI is InChI=1S/C19H32N4O3/c1-12(2)10-13(20)17(25)22-9-6-14-16(22)15(24)11-23(14)18(26)19(21)7-4-3-5-8-19/h12-14,16H,3-11,20-21H2,1-2H3. The van der Waals surface area contributed by atoms with Gasteiger partial charge >= 0.3 is 0 Å². The Morgan fingerprint density at radius 3 is 2.46 bits per heavy atom. The van der Waals surface area contributed by atoms with Crippen LogP contribution in [0, 0.1) is 5.92 Å². The lowest BCUT2D eigenvalue weighted by Crippen LogP contribution is -2.58. The monoisotopic (exact) mass is 364 g/mol. The van der Waals surface area contributed by atoms with E-state index in [9.17, 15) is 14.4 Å².